The average Bonchev–Trinajstić information content (AvgIpc) is 2.48. The van der Waals surface area contributed by atoms with Gasteiger partial charge in [0.15, 0.2) is 0 Å². The van der Waals surface area contributed by atoms with Crippen molar-refractivity contribution in [3.05, 3.63) is 34.3 Å². The highest BCUT2D eigenvalue weighted by Gasteiger charge is 2.20. The zero-order valence-electron chi connectivity index (χ0n) is 12.9. The maximum atomic E-state index is 12.3. The van der Waals surface area contributed by atoms with Crippen LogP contribution in [-0.2, 0) is 4.79 Å². The summed E-state index contributed by atoms with van der Waals surface area (Å²) in [5.74, 6) is 0.115. The number of hydrogen-bond acceptors (Lipinski definition) is 2. The average molecular weight is 353 g/mol. The lowest BCUT2D eigenvalue weighted by Gasteiger charge is -2.26. The molecule has 116 valence electrons. The number of hydrogen-bond donors (Lipinski definition) is 2. The Morgan fingerprint density at radius 2 is 1.95 bits per heavy atom. The summed E-state index contributed by atoms with van der Waals surface area (Å²) in [7, 11) is 0. The molecule has 3 nitrogen and oxygen atoms in total. The van der Waals surface area contributed by atoms with Gasteiger partial charge in [-0.1, -0.05) is 47.3 Å². The molecule has 4 heteroatoms. The van der Waals surface area contributed by atoms with E-state index in [1.54, 1.807) is 0 Å². The van der Waals surface area contributed by atoms with Gasteiger partial charge in [0.2, 0.25) is 5.91 Å². The van der Waals surface area contributed by atoms with Crippen molar-refractivity contribution < 1.29 is 4.79 Å². The van der Waals surface area contributed by atoms with E-state index in [0.717, 1.165) is 17.3 Å². The van der Waals surface area contributed by atoms with Crippen molar-refractivity contribution >= 4 is 21.8 Å². The second kappa shape index (κ2) is 7.95. The molecule has 0 aliphatic heterocycles. The minimum absolute atomic E-state index is 0.115. The maximum Gasteiger partial charge on any atom is 0.237 e. The molecule has 1 unspecified atom stereocenters. The summed E-state index contributed by atoms with van der Waals surface area (Å²) in [6, 6.07) is 8.53. The first-order valence-corrected chi connectivity index (χ1v) is 8.67. The van der Waals surface area contributed by atoms with Gasteiger partial charge in [0.25, 0.3) is 0 Å². The van der Waals surface area contributed by atoms with Crippen molar-refractivity contribution in [1.82, 2.24) is 10.6 Å². The van der Waals surface area contributed by atoms with E-state index >= 15 is 0 Å². The number of amides is 1. The van der Waals surface area contributed by atoms with E-state index in [0.29, 0.717) is 6.04 Å². The van der Waals surface area contributed by atoms with E-state index in [1.165, 1.54) is 24.8 Å². The molecule has 0 aromatic heterocycles. The molecule has 1 amide bonds. The Kier molecular flexibility index (Phi) is 6.24. The first kappa shape index (κ1) is 16.5. The highest BCUT2D eigenvalue weighted by atomic mass is 79.9. The van der Waals surface area contributed by atoms with Crippen LogP contribution in [0.2, 0.25) is 0 Å². The topological polar surface area (TPSA) is 41.1 Å². The lowest BCUT2D eigenvalue weighted by molar-refractivity contribution is -0.123. The van der Waals surface area contributed by atoms with Crippen LogP contribution in [0.1, 0.15) is 57.6 Å². The van der Waals surface area contributed by atoms with Gasteiger partial charge in [-0.15, -0.1) is 0 Å². The third-order valence-corrected chi connectivity index (χ3v) is 4.69. The molecule has 0 saturated heterocycles. The van der Waals surface area contributed by atoms with Crippen molar-refractivity contribution in [2.75, 3.05) is 0 Å². The molecule has 21 heavy (non-hydrogen) atoms. The lowest BCUT2D eigenvalue weighted by atomic mass is 9.95. The number of benzene rings is 1. The van der Waals surface area contributed by atoms with Gasteiger partial charge in [-0.25, -0.2) is 0 Å². The van der Waals surface area contributed by atoms with Crippen LogP contribution in [0.4, 0.5) is 0 Å². The van der Waals surface area contributed by atoms with E-state index in [4.69, 9.17) is 0 Å². The summed E-state index contributed by atoms with van der Waals surface area (Å²) in [5, 5.41) is 6.56. The van der Waals surface area contributed by atoms with Gasteiger partial charge in [0.05, 0.1) is 6.04 Å². The standard InChI is InChI=1S/C17H25BrN2O/c1-12(14-7-6-8-15(18)11-14)19-13(2)17(21)20-16-9-4-3-5-10-16/h6-8,11-13,16,19H,3-5,9-10H2,1-2H3,(H,20,21)/t12-,13?/m1/s1. The largest absolute Gasteiger partial charge is 0.352 e. The molecule has 0 radical (unpaired) electrons. The molecule has 0 spiro atoms. The first-order chi connectivity index (χ1) is 10.1. The van der Waals surface area contributed by atoms with E-state index in [1.807, 2.05) is 19.1 Å². The van der Waals surface area contributed by atoms with Crippen LogP contribution < -0.4 is 10.6 Å². The van der Waals surface area contributed by atoms with Crippen LogP contribution in [0.25, 0.3) is 0 Å². The SMILES string of the molecule is CC(N[C@H](C)c1cccc(Br)c1)C(=O)NC1CCCCC1. The monoisotopic (exact) mass is 352 g/mol. The first-order valence-electron chi connectivity index (χ1n) is 7.88. The fourth-order valence-corrected chi connectivity index (χ4v) is 3.31. The summed E-state index contributed by atoms with van der Waals surface area (Å²) < 4.78 is 1.06. The fraction of sp³-hybridized carbons (Fsp3) is 0.588. The zero-order valence-corrected chi connectivity index (χ0v) is 14.4. The normalized spacial score (nSPS) is 19.0. The number of carbonyl (C=O) groups excluding carboxylic acids is 1. The molecule has 1 saturated carbocycles. The Morgan fingerprint density at radius 1 is 1.24 bits per heavy atom. The third kappa shape index (κ3) is 5.11. The predicted octanol–water partition coefficient (Wildman–Crippen LogP) is 3.94. The van der Waals surface area contributed by atoms with Crippen molar-refractivity contribution in [3.8, 4) is 0 Å². The number of carbonyl (C=O) groups is 1. The molecule has 1 fully saturated rings. The molecular weight excluding hydrogens is 328 g/mol. The molecule has 2 atom stereocenters. The minimum Gasteiger partial charge on any atom is -0.352 e. The number of rotatable bonds is 5. The molecule has 1 aliphatic rings. The molecule has 0 bridgehead atoms. The summed E-state index contributed by atoms with van der Waals surface area (Å²) >= 11 is 3.48. The Hall–Kier alpha value is -0.870. The Balaban J connectivity index is 1.84. The van der Waals surface area contributed by atoms with Crippen LogP contribution in [0.15, 0.2) is 28.7 Å². The fourth-order valence-electron chi connectivity index (χ4n) is 2.90. The number of halogens is 1. The van der Waals surface area contributed by atoms with Crippen LogP contribution >= 0.6 is 15.9 Å². The maximum absolute atomic E-state index is 12.3. The molecular formula is C17H25BrN2O. The van der Waals surface area contributed by atoms with Gasteiger partial charge >= 0.3 is 0 Å². The van der Waals surface area contributed by atoms with Gasteiger partial charge in [-0.3, -0.25) is 10.1 Å². The molecule has 2 rings (SSSR count). The second-order valence-corrected chi connectivity index (χ2v) is 6.92. The quantitative estimate of drug-likeness (QED) is 0.842. The molecule has 0 heterocycles. The van der Waals surface area contributed by atoms with Crippen molar-refractivity contribution in [2.45, 2.75) is 64.1 Å². The highest BCUT2D eigenvalue weighted by molar-refractivity contribution is 9.10. The Labute approximate surface area is 136 Å². The van der Waals surface area contributed by atoms with E-state index in [9.17, 15) is 4.79 Å². The predicted molar refractivity (Wildman–Crippen MR) is 90.2 cm³/mol. The van der Waals surface area contributed by atoms with E-state index in [-0.39, 0.29) is 18.0 Å². The van der Waals surface area contributed by atoms with Crippen LogP contribution in [-0.4, -0.2) is 18.0 Å². The molecule has 1 aliphatic carbocycles. The summed E-state index contributed by atoms with van der Waals surface area (Å²) in [4.78, 5) is 12.3. The van der Waals surface area contributed by atoms with Gasteiger partial charge in [-0.2, -0.15) is 0 Å². The summed E-state index contributed by atoms with van der Waals surface area (Å²) in [5.41, 5.74) is 1.18. The lowest BCUT2D eigenvalue weighted by Crippen LogP contribution is -2.47. The highest BCUT2D eigenvalue weighted by Crippen LogP contribution is 2.19. The van der Waals surface area contributed by atoms with Crippen molar-refractivity contribution in [3.63, 3.8) is 0 Å². The van der Waals surface area contributed by atoms with Crippen LogP contribution in [0.3, 0.4) is 0 Å². The van der Waals surface area contributed by atoms with E-state index < -0.39 is 0 Å². The third-order valence-electron chi connectivity index (χ3n) is 4.19. The minimum atomic E-state index is -0.180. The van der Waals surface area contributed by atoms with Crippen LogP contribution in [0.5, 0.6) is 0 Å². The van der Waals surface area contributed by atoms with E-state index in [2.05, 4.69) is 45.6 Å². The molecule has 1 aromatic rings. The number of nitrogens with one attached hydrogen (secondary N) is 2. The van der Waals surface area contributed by atoms with Gasteiger partial charge in [0, 0.05) is 16.6 Å². The Bertz CT molecular complexity index is 472. The van der Waals surface area contributed by atoms with Gasteiger partial charge < -0.3 is 5.32 Å². The van der Waals surface area contributed by atoms with Crippen molar-refractivity contribution in [1.29, 1.82) is 0 Å². The zero-order chi connectivity index (χ0) is 15.2. The van der Waals surface area contributed by atoms with Gasteiger partial charge in [-0.05, 0) is 44.4 Å². The van der Waals surface area contributed by atoms with Crippen LogP contribution in [0, 0.1) is 0 Å². The molecule has 1 aromatic carbocycles. The van der Waals surface area contributed by atoms with Gasteiger partial charge in [0.1, 0.15) is 0 Å². The summed E-state index contributed by atoms with van der Waals surface area (Å²) in [6.07, 6.45) is 6.03. The smallest absolute Gasteiger partial charge is 0.237 e. The Morgan fingerprint density at radius 3 is 2.62 bits per heavy atom. The summed E-state index contributed by atoms with van der Waals surface area (Å²) in [6.45, 7) is 4.03. The molecule has 2 N–H and O–H groups in total. The van der Waals surface area contributed by atoms with Crippen molar-refractivity contribution in [2.24, 2.45) is 0 Å². The second-order valence-electron chi connectivity index (χ2n) is 6.01.